The fourth-order valence-electron chi connectivity index (χ4n) is 2.33. The van der Waals surface area contributed by atoms with Crippen molar-refractivity contribution in [1.29, 1.82) is 5.26 Å². The maximum absolute atomic E-state index is 13.3. The molecule has 2 rings (SSSR count). The van der Waals surface area contributed by atoms with E-state index in [0.717, 1.165) is 24.3 Å². The van der Waals surface area contributed by atoms with Crippen LogP contribution in [0, 0.1) is 17.1 Å². The topological polar surface area (TPSA) is 64.9 Å². The number of hydrogen-bond acceptors (Lipinski definition) is 3. The molecule has 0 aromatic heterocycles. The van der Waals surface area contributed by atoms with E-state index in [1.165, 1.54) is 0 Å². The van der Waals surface area contributed by atoms with E-state index in [0.29, 0.717) is 12.8 Å². The van der Waals surface area contributed by atoms with Crippen LogP contribution in [-0.2, 0) is 4.79 Å². The minimum absolute atomic E-state index is 0.112. The summed E-state index contributed by atoms with van der Waals surface area (Å²) in [6.07, 6.45) is -3.56. The molecule has 0 spiro atoms. The molecule has 2 N–H and O–H groups in total. The summed E-state index contributed by atoms with van der Waals surface area (Å²) in [4.78, 5) is 12.2. The fourth-order valence-corrected chi connectivity index (χ4v) is 2.33. The first-order chi connectivity index (χ1) is 11.2. The Morgan fingerprint density at radius 1 is 1.33 bits per heavy atom. The van der Waals surface area contributed by atoms with Crippen molar-refractivity contribution in [3.8, 4) is 6.07 Å². The maximum Gasteiger partial charge on any atom is 0.407 e. The van der Waals surface area contributed by atoms with Gasteiger partial charge >= 0.3 is 6.18 Å². The van der Waals surface area contributed by atoms with Gasteiger partial charge in [-0.3, -0.25) is 10.1 Å². The Kier molecular flexibility index (Phi) is 5.13. The van der Waals surface area contributed by atoms with Crippen LogP contribution in [0.5, 0.6) is 0 Å². The van der Waals surface area contributed by atoms with Crippen molar-refractivity contribution < 1.29 is 22.4 Å². The highest BCUT2D eigenvalue weighted by Crippen LogP contribution is 2.35. The van der Waals surface area contributed by atoms with E-state index in [9.17, 15) is 22.4 Å². The summed E-state index contributed by atoms with van der Waals surface area (Å²) < 4.78 is 53.0. The highest BCUT2D eigenvalue weighted by atomic mass is 19.4. The van der Waals surface area contributed by atoms with Gasteiger partial charge in [-0.25, -0.2) is 4.39 Å². The van der Waals surface area contributed by atoms with Crippen LogP contribution in [0.15, 0.2) is 24.3 Å². The first-order valence-electron chi connectivity index (χ1n) is 7.52. The van der Waals surface area contributed by atoms with E-state index in [-0.39, 0.29) is 12.0 Å². The van der Waals surface area contributed by atoms with Gasteiger partial charge in [0.25, 0.3) is 0 Å². The van der Waals surface area contributed by atoms with Crippen LogP contribution < -0.4 is 10.6 Å². The van der Waals surface area contributed by atoms with Gasteiger partial charge in [-0.2, -0.15) is 18.4 Å². The average Bonchev–Trinajstić information content (AvgIpc) is 3.28. The number of carbonyl (C=O) groups excluding carboxylic acids is 1. The van der Waals surface area contributed by atoms with Crippen LogP contribution in [0.25, 0.3) is 0 Å². The SMILES string of the molecule is CCC(NC(c1ccc(F)cc1)C(F)(F)F)C(=O)NC1(C#N)CC1. The summed E-state index contributed by atoms with van der Waals surface area (Å²) >= 11 is 0. The van der Waals surface area contributed by atoms with Gasteiger partial charge in [0.15, 0.2) is 0 Å². The standard InChI is InChI=1S/C16H17F4N3O/c1-2-12(14(24)23-15(9-21)7-8-15)22-13(16(18,19)20)10-3-5-11(17)6-4-10/h3-6,12-13,22H,2,7-8H2,1H3,(H,23,24). The van der Waals surface area contributed by atoms with E-state index in [2.05, 4.69) is 10.6 Å². The number of nitrogens with one attached hydrogen (secondary N) is 2. The molecule has 0 bridgehead atoms. The lowest BCUT2D eigenvalue weighted by molar-refractivity contribution is -0.161. The van der Waals surface area contributed by atoms with Crippen molar-refractivity contribution in [2.24, 2.45) is 0 Å². The van der Waals surface area contributed by atoms with E-state index < -0.39 is 35.5 Å². The van der Waals surface area contributed by atoms with Gasteiger partial charge in [-0.1, -0.05) is 19.1 Å². The molecule has 0 heterocycles. The third-order valence-electron chi connectivity index (χ3n) is 3.95. The number of halogens is 4. The van der Waals surface area contributed by atoms with Crippen LogP contribution in [0.2, 0.25) is 0 Å². The molecule has 4 nitrogen and oxygen atoms in total. The van der Waals surface area contributed by atoms with Gasteiger partial charge in [0.1, 0.15) is 17.4 Å². The zero-order chi connectivity index (χ0) is 18.0. The molecule has 0 aliphatic heterocycles. The van der Waals surface area contributed by atoms with Gasteiger partial charge < -0.3 is 5.32 Å². The van der Waals surface area contributed by atoms with Crippen LogP contribution in [0.3, 0.4) is 0 Å². The Bertz CT molecular complexity index is 632. The number of rotatable bonds is 6. The predicted molar refractivity (Wildman–Crippen MR) is 78.1 cm³/mol. The summed E-state index contributed by atoms with van der Waals surface area (Å²) in [7, 11) is 0. The smallest absolute Gasteiger partial charge is 0.336 e. The molecule has 1 saturated carbocycles. The second-order valence-corrected chi connectivity index (χ2v) is 5.84. The quantitative estimate of drug-likeness (QED) is 0.781. The average molecular weight is 343 g/mol. The largest absolute Gasteiger partial charge is 0.407 e. The van der Waals surface area contributed by atoms with E-state index in [1.807, 2.05) is 6.07 Å². The lowest BCUT2D eigenvalue weighted by atomic mass is 10.0. The summed E-state index contributed by atoms with van der Waals surface area (Å²) in [6.45, 7) is 1.57. The highest BCUT2D eigenvalue weighted by Gasteiger charge is 2.47. The molecule has 1 fully saturated rings. The Hall–Kier alpha value is -2.14. The van der Waals surface area contributed by atoms with Gasteiger partial charge in [0.2, 0.25) is 5.91 Å². The van der Waals surface area contributed by atoms with Gasteiger partial charge in [0.05, 0.1) is 12.1 Å². The Morgan fingerprint density at radius 2 is 1.92 bits per heavy atom. The molecule has 2 unspecified atom stereocenters. The minimum Gasteiger partial charge on any atom is -0.336 e. The molecule has 1 aliphatic rings. The molecule has 8 heteroatoms. The summed E-state index contributed by atoms with van der Waals surface area (Å²) in [5.74, 6) is -1.29. The van der Waals surface area contributed by atoms with E-state index >= 15 is 0 Å². The van der Waals surface area contributed by atoms with Gasteiger partial charge in [-0.05, 0) is 37.0 Å². The van der Waals surface area contributed by atoms with Crippen molar-refractivity contribution in [3.63, 3.8) is 0 Å². The second-order valence-electron chi connectivity index (χ2n) is 5.84. The summed E-state index contributed by atoms with van der Waals surface area (Å²) in [5, 5.41) is 13.8. The number of alkyl halides is 3. The number of nitriles is 1. The molecular weight excluding hydrogens is 326 g/mol. The van der Waals surface area contributed by atoms with Gasteiger partial charge in [0, 0.05) is 0 Å². The van der Waals surface area contributed by atoms with Crippen molar-refractivity contribution in [2.75, 3.05) is 0 Å². The Labute approximate surface area is 136 Å². The zero-order valence-corrected chi connectivity index (χ0v) is 13.0. The fraction of sp³-hybridized carbons (Fsp3) is 0.500. The van der Waals surface area contributed by atoms with E-state index in [4.69, 9.17) is 5.26 Å². The van der Waals surface area contributed by atoms with Crippen LogP contribution in [0.1, 0.15) is 37.8 Å². The third-order valence-corrected chi connectivity index (χ3v) is 3.95. The number of benzene rings is 1. The molecular formula is C16H17F4N3O. The monoisotopic (exact) mass is 343 g/mol. The predicted octanol–water partition coefficient (Wildman–Crippen LogP) is 2.97. The molecule has 1 aromatic carbocycles. The number of amides is 1. The molecule has 130 valence electrons. The van der Waals surface area contributed by atoms with Crippen LogP contribution >= 0.6 is 0 Å². The van der Waals surface area contributed by atoms with Crippen LogP contribution in [0.4, 0.5) is 17.6 Å². The maximum atomic E-state index is 13.3. The first-order valence-corrected chi connectivity index (χ1v) is 7.52. The summed E-state index contributed by atoms with van der Waals surface area (Å²) in [5.41, 5.74) is -1.13. The highest BCUT2D eigenvalue weighted by molar-refractivity contribution is 5.83. The molecule has 1 amide bonds. The third kappa shape index (κ3) is 4.23. The zero-order valence-electron chi connectivity index (χ0n) is 13.0. The normalized spacial score (nSPS) is 18.3. The van der Waals surface area contributed by atoms with Crippen molar-refractivity contribution >= 4 is 5.91 Å². The number of nitrogens with zero attached hydrogens (tertiary/aromatic N) is 1. The molecule has 0 radical (unpaired) electrons. The van der Waals surface area contributed by atoms with E-state index in [1.54, 1.807) is 6.92 Å². The molecule has 0 saturated heterocycles. The Balaban J connectivity index is 2.16. The molecule has 1 aromatic rings. The molecule has 1 aliphatic carbocycles. The lowest BCUT2D eigenvalue weighted by Gasteiger charge is -2.27. The number of hydrogen-bond donors (Lipinski definition) is 2. The molecule has 24 heavy (non-hydrogen) atoms. The van der Waals surface area contributed by atoms with Crippen LogP contribution in [-0.4, -0.2) is 23.7 Å². The minimum atomic E-state index is -4.65. The van der Waals surface area contributed by atoms with Crippen molar-refractivity contribution in [2.45, 2.75) is 50.0 Å². The molecule has 2 atom stereocenters. The number of carbonyl (C=O) groups is 1. The second kappa shape index (κ2) is 6.77. The lowest BCUT2D eigenvalue weighted by Crippen LogP contribution is -2.51. The van der Waals surface area contributed by atoms with Gasteiger partial charge in [-0.15, -0.1) is 0 Å². The Morgan fingerprint density at radius 3 is 2.33 bits per heavy atom. The summed E-state index contributed by atoms with van der Waals surface area (Å²) in [6, 6.07) is 2.67. The van der Waals surface area contributed by atoms with Crippen molar-refractivity contribution in [1.82, 2.24) is 10.6 Å². The first kappa shape index (κ1) is 18.2. The van der Waals surface area contributed by atoms with Crippen molar-refractivity contribution in [3.05, 3.63) is 35.6 Å².